The van der Waals surface area contributed by atoms with Crippen LogP contribution >= 0.6 is 22.9 Å². The number of anilines is 1. The van der Waals surface area contributed by atoms with E-state index in [9.17, 15) is 13.2 Å². The minimum Gasteiger partial charge on any atom is -0.497 e. The van der Waals surface area contributed by atoms with Crippen molar-refractivity contribution < 1.29 is 17.9 Å². The third-order valence-electron chi connectivity index (χ3n) is 5.37. The topological polar surface area (TPSA) is 101 Å². The Hall–Kier alpha value is -2.53. The third-order valence-corrected chi connectivity index (χ3v) is 8.48. The van der Waals surface area contributed by atoms with E-state index in [0.29, 0.717) is 18.1 Å². The second kappa shape index (κ2) is 10.2. The fourth-order valence-corrected chi connectivity index (χ4v) is 6.05. The van der Waals surface area contributed by atoms with E-state index in [2.05, 4.69) is 15.5 Å². The van der Waals surface area contributed by atoms with Gasteiger partial charge in [0.2, 0.25) is 15.2 Å². The van der Waals surface area contributed by atoms with Gasteiger partial charge in [0.1, 0.15) is 10.8 Å². The number of carbonyl (C=O) groups excluding carboxylic acids is 1. The van der Waals surface area contributed by atoms with Gasteiger partial charge in [-0.05, 0) is 55.3 Å². The van der Waals surface area contributed by atoms with Crippen LogP contribution in [0.25, 0.3) is 10.6 Å². The van der Waals surface area contributed by atoms with Crippen molar-refractivity contribution in [3.63, 3.8) is 0 Å². The standard InChI is InChI=1S/C22H23ClN4O4S2/c1-31-16-8-6-15(7-9-16)21-25-26-22(32-21)24-20(28)18-14-17(10-11-19(18)23)33(29,30)27-12-4-2-3-5-13-27/h6-11,14H,2-5,12-13H2,1H3,(H,24,26,28). The molecule has 4 rings (SSSR count). The number of nitrogens with zero attached hydrogens (tertiary/aromatic N) is 3. The molecule has 33 heavy (non-hydrogen) atoms. The van der Waals surface area contributed by atoms with Gasteiger partial charge in [-0.15, -0.1) is 10.2 Å². The molecule has 11 heteroatoms. The largest absolute Gasteiger partial charge is 0.497 e. The monoisotopic (exact) mass is 506 g/mol. The summed E-state index contributed by atoms with van der Waals surface area (Å²) in [6.07, 6.45) is 3.68. The lowest BCUT2D eigenvalue weighted by molar-refractivity contribution is 0.102. The number of halogens is 1. The summed E-state index contributed by atoms with van der Waals surface area (Å²) in [4.78, 5) is 12.9. The predicted octanol–water partition coefficient (Wildman–Crippen LogP) is 4.68. The molecule has 3 aromatic rings. The highest BCUT2D eigenvalue weighted by atomic mass is 35.5. The van der Waals surface area contributed by atoms with Crippen LogP contribution in [-0.2, 0) is 10.0 Å². The zero-order valence-corrected chi connectivity index (χ0v) is 20.3. The molecule has 0 aliphatic carbocycles. The minimum absolute atomic E-state index is 0.0511. The van der Waals surface area contributed by atoms with Crippen LogP contribution in [-0.4, -0.2) is 49.0 Å². The number of methoxy groups -OCH3 is 1. The Bertz CT molecular complexity index is 1240. The van der Waals surface area contributed by atoms with Gasteiger partial charge in [0.05, 0.1) is 22.6 Å². The molecule has 1 fully saturated rings. The van der Waals surface area contributed by atoms with Gasteiger partial charge in [0, 0.05) is 18.7 Å². The first kappa shape index (κ1) is 23.6. The molecule has 2 heterocycles. The Morgan fingerprint density at radius 3 is 2.42 bits per heavy atom. The molecule has 0 atom stereocenters. The lowest BCUT2D eigenvalue weighted by Gasteiger charge is -2.20. The maximum Gasteiger partial charge on any atom is 0.259 e. The van der Waals surface area contributed by atoms with Gasteiger partial charge in [-0.25, -0.2) is 8.42 Å². The van der Waals surface area contributed by atoms with Crippen LogP contribution in [0.1, 0.15) is 36.0 Å². The van der Waals surface area contributed by atoms with Crippen molar-refractivity contribution in [1.82, 2.24) is 14.5 Å². The smallest absolute Gasteiger partial charge is 0.259 e. The van der Waals surface area contributed by atoms with Gasteiger partial charge in [-0.1, -0.05) is 35.8 Å². The number of hydrogen-bond acceptors (Lipinski definition) is 7. The second-order valence-electron chi connectivity index (χ2n) is 7.55. The Kier molecular flexibility index (Phi) is 7.28. The van der Waals surface area contributed by atoms with Gasteiger partial charge < -0.3 is 4.74 Å². The van der Waals surface area contributed by atoms with Crippen molar-refractivity contribution in [3.05, 3.63) is 53.1 Å². The van der Waals surface area contributed by atoms with E-state index in [-0.39, 0.29) is 20.6 Å². The first-order valence-corrected chi connectivity index (χ1v) is 13.1. The molecular formula is C22H23ClN4O4S2. The molecule has 174 valence electrons. The molecule has 0 unspecified atom stereocenters. The molecule has 0 saturated carbocycles. The van der Waals surface area contributed by atoms with E-state index in [4.69, 9.17) is 16.3 Å². The summed E-state index contributed by atoms with van der Waals surface area (Å²) in [6, 6.07) is 11.5. The summed E-state index contributed by atoms with van der Waals surface area (Å²) in [5, 5.41) is 11.9. The van der Waals surface area contributed by atoms with E-state index in [0.717, 1.165) is 37.0 Å². The van der Waals surface area contributed by atoms with E-state index in [1.165, 1.54) is 33.8 Å². The maximum atomic E-state index is 13.1. The number of ether oxygens (including phenoxy) is 1. The van der Waals surface area contributed by atoms with Crippen LogP contribution in [0.5, 0.6) is 5.75 Å². The lowest BCUT2D eigenvalue weighted by Crippen LogP contribution is -2.32. The van der Waals surface area contributed by atoms with Gasteiger partial charge in [-0.2, -0.15) is 4.31 Å². The zero-order valence-electron chi connectivity index (χ0n) is 18.0. The summed E-state index contributed by atoms with van der Waals surface area (Å²) in [7, 11) is -2.12. The van der Waals surface area contributed by atoms with Crippen molar-refractivity contribution >= 4 is 44.0 Å². The number of amides is 1. The van der Waals surface area contributed by atoms with E-state index >= 15 is 0 Å². The summed E-state index contributed by atoms with van der Waals surface area (Å²) >= 11 is 7.43. The van der Waals surface area contributed by atoms with Crippen LogP contribution in [0.15, 0.2) is 47.4 Å². The fourth-order valence-electron chi connectivity index (χ4n) is 3.56. The van der Waals surface area contributed by atoms with Gasteiger partial charge in [-0.3, -0.25) is 10.1 Å². The molecule has 1 N–H and O–H groups in total. The summed E-state index contributed by atoms with van der Waals surface area (Å²) in [5.74, 6) is 0.173. The average molecular weight is 507 g/mol. The molecule has 0 radical (unpaired) electrons. The molecule has 8 nitrogen and oxygen atoms in total. The van der Waals surface area contributed by atoms with Crippen LogP contribution in [0, 0.1) is 0 Å². The fraction of sp³-hybridized carbons (Fsp3) is 0.318. The summed E-state index contributed by atoms with van der Waals surface area (Å²) < 4.78 is 32.9. The molecule has 1 aromatic heterocycles. The Labute approximate surface area is 201 Å². The van der Waals surface area contributed by atoms with Crippen LogP contribution < -0.4 is 10.1 Å². The average Bonchev–Trinajstić information content (AvgIpc) is 3.10. The van der Waals surface area contributed by atoms with Crippen molar-refractivity contribution in [3.8, 4) is 16.3 Å². The first-order valence-electron chi connectivity index (χ1n) is 10.5. The number of carbonyl (C=O) groups is 1. The van der Waals surface area contributed by atoms with Gasteiger partial charge >= 0.3 is 0 Å². The number of rotatable bonds is 6. The molecule has 0 bridgehead atoms. The maximum absolute atomic E-state index is 13.1. The Morgan fingerprint density at radius 1 is 1.06 bits per heavy atom. The van der Waals surface area contributed by atoms with Gasteiger partial charge in [0.15, 0.2) is 0 Å². The van der Waals surface area contributed by atoms with Gasteiger partial charge in [0.25, 0.3) is 5.91 Å². The number of hydrogen-bond donors (Lipinski definition) is 1. The molecular weight excluding hydrogens is 484 g/mol. The molecule has 1 saturated heterocycles. The first-order chi connectivity index (χ1) is 15.9. The molecule has 0 spiro atoms. The number of nitrogens with one attached hydrogen (secondary N) is 1. The minimum atomic E-state index is -3.71. The highest BCUT2D eigenvalue weighted by Gasteiger charge is 2.27. The highest BCUT2D eigenvalue weighted by molar-refractivity contribution is 7.89. The number of aromatic nitrogens is 2. The van der Waals surface area contributed by atoms with E-state index in [1.54, 1.807) is 7.11 Å². The second-order valence-corrected chi connectivity index (χ2v) is 10.9. The van der Waals surface area contributed by atoms with Crippen LogP contribution in [0.2, 0.25) is 5.02 Å². The normalized spacial score (nSPS) is 15.1. The SMILES string of the molecule is COc1ccc(-c2nnc(NC(=O)c3cc(S(=O)(=O)N4CCCCCC4)ccc3Cl)s2)cc1. The van der Waals surface area contributed by atoms with Crippen LogP contribution in [0.3, 0.4) is 0 Å². The van der Waals surface area contributed by atoms with Crippen molar-refractivity contribution in [2.24, 2.45) is 0 Å². The summed E-state index contributed by atoms with van der Waals surface area (Å²) in [5.41, 5.74) is 0.895. The Balaban J connectivity index is 1.53. The van der Waals surface area contributed by atoms with E-state index < -0.39 is 15.9 Å². The Morgan fingerprint density at radius 2 is 1.76 bits per heavy atom. The number of sulfonamides is 1. The molecule has 1 amide bonds. The molecule has 1 aliphatic rings. The van der Waals surface area contributed by atoms with Crippen molar-refractivity contribution in [2.75, 3.05) is 25.5 Å². The van der Waals surface area contributed by atoms with Crippen molar-refractivity contribution in [2.45, 2.75) is 30.6 Å². The van der Waals surface area contributed by atoms with Crippen molar-refractivity contribution in [1.29, 1.82) is 0 Å². The lowest BCUT2D eigenvalue weighted by atomic mass is 10.2. The van der Waals surface area contributed by atoms with E-state index in [1.807, 2.05) is 24.3 Å². The third kappa shape index (κ3) is 5.35. The quantitative estimate of drug-likeness (QED) is 0.520. The zero-order chi connectivity index (χ0) is 23.4. The predicted molar refractivity (Wildman–Crippen MR) is 129 cm³/mol. The summed E-state index contributed by atoms with van der Waals surface area (Å²) in [6.45, 7) is 0.955. The van der Waals surface area contributed by atoms with Crippen LogP contribution in [0.4, 0.5) is 5.13 Å². The molecule has 2 aromatic carbocycles. The number of benzene rings is 2. The highest BCUT2D eigenvalue weighted by Crippen LogP contribution is 2.29. The molecule has 1 aliphatic heterocycles.